The maximum absolute atomic E-state index is 15.3. The molecule has 164 valence electrons. The number of pyridine rings is 1. The number of aryl methyl sites for hydroxylation is 1. The number of fused-ring (bicyclic) bond motifs is 2. The van der Waals surface area contributed by atoms with Crippen LogP contribution in [0.1, 0.15) is 23.7 Å². The van der Waals surface area contributed by atoms with Gasteiger partial charge in [-0.25, -0.2) is 23.7 Å². The molecule has 0 aromatic carbocycles. The van der Waals surface area contributed by atoms with Crippen LogP contribution < -0.4 is 5.32 Å². The smallest absolute Gasteiger partial charge is 0.145 e. The minimum atomic E-state index is -0.824. The molecule has 0 spiro atoms. The molecule has 4 aromatic heterocycles. The Balaban J connectivity index is 1.44. The van der Waals surface area contributed by atoms with Crippen LogP contribution in [0.3, 0.4) is 0 Å². The van der Waals surface area contributed by atoms with Gasteiger partial charge in [0, 0.05) is 35.6 Å². The Morgan fingerprint density at radius 3 is 3.09 bits per heavy atom. The molecule has 1 fully saturated rings. The van der Waals surface area contributed by atoms with Gasteiger partial charge in [-0.3, -0.25) is 4.68 Å². The van der Waals surface area contributed by atoms with Gasteiger partial charge in [-0.05, 0) is 37.1 Å². The highest BCUT2D eigenvalue weighted by Gasteiger charge is 2.48. The SMILES string of the molecule is FCC(n1cc(-c2ncnc3[nH]ccc23)cn1)[C@]1(c2nc3c(cc2F)CCS3)CCNC1. The first-order valence-corrected chi connectivity index (χ1v) is 11.6. The van der Waals surface area contributed by atoms with Crippen molar-refractivity contribution in [3.05, 3.63) is 54.1 Å². The largest absolute Gasteiger partial charge is 0.346 e. The molecule has 10 heteroatoms. The van der Waals surface area contributed by atoms with Crippen molar-refractivity contribution >= 4 is 22.8 Å². The zero-order valence-electron chi connectivity index (χ0n) is 17.2. The van der Waals surface area contributed by atoms with Crippen molar-refractivity contribution in [3.8, 4) is 11.3 Å². The molecule has 4 aromatic rings. The Morgan fingerprint density at radius 1 is 1.31 bits per heavy atom. The fraction of sp³-hybridized carbons (Fsp3) is 0.364. The van der Waals surface area contributed by atoms with Gasteiger partial charge in [-0.2, -0.15) is 5.10 Å². The number of alkyl halides is 1. The molecule has 6 heterocycles. The average molecular weight is 454 g/mol. The molecule has 2 atom stereocenters. The fourth-order valence-corrected chi connectivity index (χ4v) is 6.00. The molecular weight excluding hydrogens is 432 g/mol. The van der Waals surface area contributed by atoms with Crippen molar-refractivity contribution in [2.24, 2.45) is 0 Å². The van der Waals surface area contributed by atoms with Crippen LogP contribution in [0.15, 0.2) is 42.1 Å². The van der Waals surface area contributed by atoms with Crippen molar-refractivity contribution in [1.29, 1.82) is 0 Å². The van der Waals surface area contributed by atoms with E-state index in [1.165, 1.54) is 6.33 Å². The van der Waals surface area contributed by atoms with Crippen LogP contribution in [0, 0.1) is 5.82 Å². The Hall–Kier alpha value is -2.85. The summed E-state index contributed by atoms with van der Waals surface area (Å²) in [6.07, 6.45) is 8.16. The summed E-state index contributed by atoms with van der Waals surface area (Å²) in [5.41, 5.74) is 2.66. The number of H-pyrrole nitrogens is 1. The second-order valence-electron chi connectivity index (χ2n) is 8.31. The first kappa shape index (κ1) is 19.8. The van der Waals surface area contributed by atoms with Crippen molar-refractivity contribution in [2.75, 3.05) is 25.5 Å². The van der Waals surface area contributed by atoms with Crippen LogP contribution >= 0.6 is 11.8 Å². The lowest BCUT2D eigenvalue weighted by molar-refractivity contribution is 0.205. The molecule has 2 N–H and O–H groups in total. The molecule has 0 aliphatic carbocycles. The predicted octanol–water partition coefficient (Wildman–Crippen LogP) is 3.45. The molecule has 2 aliphatic rings. The number of halogens is 2. The monoisotopic (exact) mass is 453 g/mol. The quantitative estimate of drug-likeness (QED) is 0.482. The van der Waals surface area contributed by atoms with E-state index in [0.29, 0.717) is 25.2 Å². The first-order chi connectivity index (χ1) is 15.7. The van der Waals surface area contributed by atoms with Crippen molar-refractivity contribution in [2.45, 2.75) is 29.3 Å². The summed E-state index contributed by atoms with van der Waals surface area (Å²) in [7, 11) is 0. The van der Waals surface area contributed by atoms with Gasteiger partial charge < -0.3 is 10.3 Å². The van der Waals surface area contributed by atoms with E-state index in [1.54, 1.807) is 41.1 Å². The summed E-state index contributed by atoms with van der Waals surface area (Å²) >= 11 is 1.64. The van der Waals surface area contributed by atoms with E-state index >= 15 is 4.39 Å². The molecule has 1 unspecified atom stereocenters. The highest BCUT2D eigenvalue weighted by Crippen LogP contribution is 2.44. The molecule has 0 amide bonds. The number of nitrogens with zero attached hydrogens (tertiary/aromatic N) is 5. The topological polar surface area (TPSA) is 84.3 Å². The van der Waals surface area contributed by atoms with Gasteiger partial charge in [0.2, 0.25) is 0 Å². The maximum Gasteiger partial charge on any atom is 0.145 e. The van der Waals surface area contributed by atoms with Gasteiger partial charge in [-0.15, -0.1) is 11.8 Å². The highest BCUT2D eigenvalue weighted by atomic mass is 32.2. The van der Waals surface area contributed by atoms with Crippen molar-refractivity contribution in [1.82, 2.24) is 35.0 Å². The van der Waals surface area contributed by atoms with Crippen LogP contribution in [0.2, 0.25) is 0 Å². The number of aromatic amines is 1. The third-order valence-electron chi connectivity index (χ3n) is 6.62. The van der Waals surface area contributed by atoms with Gasteiger partial charge in [0.15, 0.2) is 0 Å². The predicted molar refractivity (Wildman–Crippen MR) is 118 cm³/mol. The van der Waals surface area contributed by atoms with Crippen LogP contribution in [0.4, 0.5) is 8.78 Å². The number of hydrogen-bond donors (Lipinski definition) is 2. The van der Waals surface area contributed by atoms with Gasteiger partial charge in [-0.1, -0.05) is 0 Å². The minimum Gasteiger partial charge on any atom is -0.346 e. The van der Waals surface area contributed by atoms with Gasteiger partial charge in [0.25, 0.3) is 0 Å². The summed E-state index contributed by atoms with van der Waals surface area (Å²) in [5.74, 6) is 0.545. The van der Waals surface area contributed by atoms with E-state index in [2.05, 4.69) is 25.4 Å². The Morgan fingerprint density at radius 2 is 2.25 bits per heavy atom. The van der Waals surface area contributed by atoms with Crippen molar-refractivity contribution in [3.63, 3.8) is 0 Å². The Labute approximate surface area is 187 Å². The van der Waals surface area contributed by atoms with Crippen LogP contribution in [-0.2, 0) is 11.8 Å². The molecule has 2 aliphatic heterocycles. The van der Waals surface area contributed by atoms with Crippen LogP contribution in [-0.4, -0.2) is 55.2 Å². The summed E-state index contributed by atoms with van der Waals surface area (Å²) in [6.45, 7) is 0.434. The van der Waals surface area contributed by atoms with E-state index in [9.17, 15) is 4.39 Å². The molecule has 1 saturated heterocycles. The van der Waals surface area contributed by atoms with Crippen molar-refractivity contribution < 1.29 is 8.78 Å². The molecule has 6 rings (SSSR count). The second kappa shape index (κ2) is 7.63. The maximum atomic E-state index is 15.3. The average Bonchev–Trinajstić information content (AvgIpc) is 3.59. The standard InChI is InChI=1S/C22H21F2N7S/c23-8-17(31-10-14(9-29-31)18-15-1-4-26-20(15)28-12-27-18)22(3-5-25-11-22)19-16(24)7-13-2-6-32-21(13)30-19/h1,4,7,9-10,12,17,25H,2-3,5-6,8,11H2,(H,26,27,28)/t17?,22-/m0/s1. The lowest BCUT2D eigenvalue weighted by Crippen LogP contribution is -2.42. The number of rotatable bonds is 5. The minimum absolute atomic E-state index is 0.338. The van der Waals surface area contributed by atoms with Crippen LogP contribution in [0.25, 0.3) is 22.3 Å². The van der Waals surface area contributed by atoms with Gasteiger partial charge in [0.05, 0.1) is 34.1 Å². The number of aromatic nitrogens is 6. The number of thioether (sulfide) groups is 1. The lowest BCUT2D eigenvalue weighted by atomic mass is 9.76. The zero-order chi connectivity index (χ0) is 21.7. The molecule has 32 heavy (non-hydrogen) atoms. The van der Waals surface area contributed by atoms with E-state index in [4.69, 9.17) is 4.98 Å². The van der Waals surface area contributed by atoms with E-state index in [0.717, 1.165) is 45.1 Å². The van der Waals surface area contributed by atoms with E-state index < -0.39 is 18.1 Å². The van der Waals surface area contributed by atoms with E-state index in [-0.39, 0.29) is 5.82 Å². The molecule has 0 bridgehead atoms. The molecular formula is C22H21F2N7S. The molecule has 0 radical (unpaired) electrons. The first-order valence-electron chi connectivity index (χ1n) is 10.6. The summed E-state index contributed by atoms with van der Waals surface area (Å²) in [5, 5.41) is 9.53. The van der Waals surface area contributed by atoms with Crippen LogP contribution in [0.5, 0.6) is 0 Å². The normalized spacial score (nSPS) is 21.3. The summed E-state index contributed by atoms with van der Waals surface area (Å²) in [6, 6.07) is 2.80. The number of hydrogen-bond acceptors (Lipinski definition) is 6. The summed E-state index contributed by atoms with van der Waals surface area (Å²) < 4.78 is 31.6. The van der Waals surface area contributed by atoms with Gasteiger partial charge in [0.1, 0.15) is 24.5 Å². The molecule has 7 nitrogen and oxygen atoms in total. The zero-order valence-corrected chi connectivity index (χ0v) is 18.0. The third kappa shape index (κ3) is 2.96. The third-order valence-corrected chi connectivity index (χ3v) is 7.65. The van der Waals surface area contributed by atoms with Gasteiger partial charge >= 0.3 is 0 Å². The summed E-state index contributed by atoms with van der Waals surface area (Å²) in [4.78, 5) is 16.4. The molecule has 0 saturated carbocycles. The fourth-order valence-electron chi connectivity index (χ4n) is 4.98. The van der Waals surface area contributed by atoms with E-state index in [1.807, 2.05) is 6.07 Å². The second-order valence-corrected chi connectivity index (χ2v) is 9.39. The Bertz CT molecular complexity index is 1290. The number of nitrogens with one attached hydrogen (secondary N) is 2. The Kier molecular flexibility index (Phi) is 4.72. The lowest BCUT2D eigenvalue weighted by Gasteiger charge is -2.35. The highest BCUT2D eigenvalue weighted by molar-refractivity contribution is 7.99.